The van der Waals surface area contributed by atoms with E-state index in [4.69, 9.17) is 4.74 Å². The fourth-order valence-corrected chi connectivity index (χ4v) is 4.62. The quantitative estimate of drug-likeness (QED) is 0.642. The van der Waals surface area contributed by atoms with Gasteiger partial charge in [-0.05, 0) is 74.5 Å². The van der Waals surface area contributed by atoms with E-state index in [1.165, 1.54) is 38.5 Å². The van der Waals surface area contributed by atoms with Gasteiger partial charge < -0.3 is 4.74 Å². The van der Waals surface area contributed by atoms with Gasteiger partial charge in [-0.15, -0.1) is 0 Å². The molecule has 4 aliphatic rings. The highest BCUT2D eigenvalue weighted by molar-refractivity contribution is 5.13. The molecule has 4 aliphatic carbocycles. The van der Waals surface area contributed by atoms with E-state index in [-0.39, 0.29) is 0 Å². The SMILES string of the molecule is COCCC[C]1C2CC3CC(C2)CC1C3. The fraction of sp³-hybridized carbons (Fsp3) is 0.929. The third-order valence-corrected chi connectivity index (χ3v) is 5.00. The third-order valence-electron chi connectivity index (χ3n) is 5.00. The lowest BCUT2D eigenvalue weighted by molar-refractivity contribution is 0.0352. The molecule has 4 bridgehead atoms. The summed E-state index contributed by atoms with van der Waals surface area (Å²) in [5, 5.41) is 0. The summed E-state index contributed by atoms with van der Waals surface area (Å²) in [7, 11) is 1.82. The lowest BCUT2D eigenvalue weighted by Crippen LogP contribution is -2.43. The summed E-state index contributed by atoms with van der Waals surface area (Å²) < 4.78 is 5.17. The number of hydrogen-bond acceptors (Lipinski definition) is 1. The van der Waals surface area contributed by atoms with E-state index < -0.39 is 0 Å². The molecule has 0 aromatic rings. The van der Waals surface area contributed by atoms with Crippen molar-refractivity contribution in [2.24, 2.45) is 23.7 Å². The summed E-state index contributed by atoms with van der Waals surface area (Å²) in [5.41, 5.74) is 0. The van der Waals surface area contributed by atoms with Crippen LogP contribution in [0.1, 0.15) is 44.9 Å². The van der Waals surface area contributed by atoms with Crippen LogP contribution >= 0.6 is 0 Å². The minimum atomic E-state index is 0.954. The molecule has 0 N–H and O–H groups in total. The molecule has 0 amide bonds. The summed E-state index contributed by atoms with van der Waals surface area (Å²) >= 11 is 0. The number of methoxy groups -OCH3 is 1. The van der Waals surface area contributed by atoms with Gasteiger partial charge in [0, 0.05) is 13.7 Å². The topological polar surface area (TPSA) is 9.23 Å². The van der Waals surface area contributed by atoms with Gasteiger partial charge in [-0.2, -0.15) is 0 Å². The Kier molecular flexibility index (Phi) is 2.76. The van der Waals surface area contributed by atoms with E-state index in [0.29, 0.717) is 0 Å². The van der Waals surface area contributed by atoms with Gasteiger partial charge in [0.25, 0.3) is 0 Å². The van der Waals surface area contributed by atoms with Gasteiger partial charge >= 0.3 is 0 Å². The van der Waals surface area contributed by atoms with Crippen LogP contribution in [0, 0.1) is 29.6 Å². The zero-order valence-electron chi connectivity index (χ0n) is 9.87. The molecule has 0 unspecified atom stereocenters. The Morgan fingerprint density at radius 1 is 1.00 bits per heavy atom. The van der Waals surface area contributed by atoms with Gasteiger partial charge in [0.1, 0.15) is 0 Å². The molecule has 85 valence electrons. The van der Waals surface area contributed by atoms with Crippen molar-refractivity contribution in [3.8, 4) is 0 Å². The van der Waals surface area contributed by atoms with E-state index in [9.17, 15) is 0 Å². The molecule has 0 aromatic heterocycles. The largest absolute Gasteiger partial charge is 0.385 e. The molecule has 1 heteroatoms. The predicted octanol–water partition coefficient (Wildman–Crippen LogP) is 3.44. The van der Waals surface area contributed by atoms with Crippen LogP contribution in [0.15, 0.2) is 0 Å². The third kappa shape index (κ3) is 1.84. The van der Waals surface area contributed by atoms with E-state index in [2.05, 4.69) is 0 Å². The smallest absolute Gasteiger partial charge is 0.0462 e. The molecule has 0 saturated heterocycles. The molecule has 0 heterocycles. The van der Waals surface area contributed by atoms with Crippen LogP contribution < -0.4 is 0 Å². The Morgan fingerprint density at radius 3 is 2.13 bits per heavy atom. The van der Waals surface area contributed by atoms with Crippen molar-refractivity contribution in [2.75, 3.05) is 13.7 Å². The monoisotopic (exact) mass is 207 g/mol. The number of rotatable bonds is 4. The first-order chi connectivity index (χ1) is 7.36. The van der Waals surface area contributed by atoms with Crippen LogP contribution in [0.5, 0.6) is 0 Å². The first-order valence-corrected chi connectivity index (χ1v) is 6.71. The van der Waals surface area contributed by atoms with Crippen molar-refractivity contribution >= 4 is 0 Å². The van der Waals surface area contributed by atoms with Crippen LogP contribution in [0.2, 0.25) is 0 Å². The van der Waals surface area contributed by atoms with Gasteiger partial charge in [-0.3, -0.25) is 0 Å². The highest BCUT2D eigenvalue weighted by Crippen LogP contribution is 2.58. The van der Waals surface area contributed by atoms with Gasteiger partial charge in [-0.1, -0.05) is 0 Å². The van der Waals surface area contributed by atoms with Crippen molar-refractivity contribution in [1.82, 2.24) is 0 Å². The van der Waals surface area contributed by atoms with Crippen molar-refractivity contribution in [3.63, 3.8) is 0 Å². The van der Waals surface area contributed by atoms with Crippen LogP contribution in [0.3, 0.4) is 0 Å². The average Bonchev–Trinajstić information content (AvgIpc) is 2.21. The molecular formula is C14H23O. The standard InChI is InChI=1S/C14H23O/c1-15-4-2-3-14-12-6-10-5-11(8-12)9-13(14)7-10/h10-13H,2-9H2,1H3. The first-order valence-electron chi connectivity index (χ1n) is 6.71. The maximum Gasteiger partial charge on any atom is 0.0462 e. The molecule has 4 fully saturated rings. The van der Waals surface area contributed by atoms with Crippen molar-refractivity contribution in [2.45, 2.75) is 44.9 Å². The van der Waals surface area contributed by atoms with E-state index >= 15 is 0 Å². The molecule has 4 saturated carbocycles. The van der Waals surface area contributed by atoms with Gasteiger partial charge in [-0.25, -0.2) is 0 Å². The van der Waals surface area contributed by atoms with Gasteiger partial charge in [0.2, 0.25) is 0 Å². The molecule has 0 spiro atoms. The lowest BCUT2D eigenvalue weighted by atomic mass is 9.51. The average molecular weight is 207 g/mol. The van der Waals surface area contributed by atoms with Crippen LogP contribution in [0.4, 0.5) is 0 Å². The van der Waals surface area contributed by atoms with Crippen LogP contribution in [0.25, 0.3) is 0 Å². The minimum absolute atomic E-state index is 0.954. The van der Waals surface area contributed by atoms with E-state index in [1.807, 2.05) is 13.0 Å². The Hall–Kier alpha value is -0.0400. The van der Waals surface area contributed by atoms with E-state index in [0.717, 1.165) is 30.3 Å². The molecule has 4 rings (SSSR count). The lowest BCUT2D eigenvalue weighted by Gasteiger charge is -2.54. The molecule has 0 aliphatic heterocycles. The normalized spacial score (nSPS) is 43.8. The molecular weight excluding hydrogens is 184 g/mol. The Balaban J connectivity index is 1.60. The molecule has 1 nitrogen and oxygen atoms in total. The van der Waals surface area contributed by atoms with Gasteiger partial charge in [0.05, 0.1) is 0 Å². The maximum atomic E-state index is 5.17. The molecule has 0 aromatic carbocycles. The van der Waals surface area contributed by atoms with Crippen LogP contribution in [-0.2, 0) is 4.74 Å². The summed E-state index contributed by atoms with van der Waals surface area (Å²) in [6, 6.07) is 0. The fourth-order valence-electron chi connectivity index (χ4n) is 4.62. The highest BCUT2D eigenvalue weighted by atomic mass is 16.5. The second-order valence-electron chi connectivity index (χ2n) is 5.98. The summed E-state index contributed by atoms with van der Waals surface area (Å²) in [6.45, 7) is 0.954. The van der Waals surface area contributed by atoms with Gasteiger partial charge in [0.15, 0.2) is 0 Å². The zero-order chi connectivity index (χ0) is 10.3. The van der Waals surface area contributed by atoms with Crippen molar-refractivity contribution in [1.29, 1.82) is 0 Å². The minimum Gasteiger partial charge on any atom is -0.385 e. The predicted molar refractivity (Wildman–Crippen MR) is 61.4 cm³/mol. The Bertz CT molecular complexity index is 195. The van der Waals surface area contributed by atoms with Crippen molar-refractivity contribution < 1.29 is 4.74 Å². The summed E-state index contributed by atoms with van der Waals surface area (Å²) in [6.07, 6.45) is 10.3. The molecule has 0 atom stereocenters. The Labute approximate surface area is 93.6 Å². The van der Waals surface area contributed by atoms with E-state index in [1.54, 1.807) is 6.42 Å². The van der Waals surface area contributed by atoms with Crippen molar-refractivity contribution in [3.05, 3.63) is 5.92 Å². The second-order valence-corrected chi connectivity index (χ2v) is 5.98. The molecule has 15 heavy (non-hydrogen) atoms. The summed E-state index contributed by atoms with van der Waals surface area (Å²) in [4.78, 5) is 0. The number of ether oxygens (including phenoxy) is 1. The Morgan fingerprint density at radius 2 is 1.60 bits per heavy atom. The maximum absolute atomic E-state index is 5.17. The first kappa shape index (κ1) is 10.1. The van der Waals surface area contributed by atoms with Crippen LogP contribution in [-0.4, -0.2) is 13.7 Å². The second kappa shape index (κ2) is 4.08. The number of hydrogen-bond donors (Lipinski definition) is 0. The highest BCUT2D eigenvalue weighted by Gasteiger charge is 2.47. The molecule has 1 radical (unpaired) electrons. The summed E-state index contributed by atoms with van der Waals surface area (Å²) in [5.74, 6) is 6.22. The zero-order valence-corrected chi connectivity index (χ0v) is 9.87.